The Morgan fingerprint density at radius 2 is 1.68 bits per heavy atom. The molecule has 2 rings (SSSR count). The van der Waals surface area contributed by atoms with E-state index < -0.39 is 0 Å². The summed E-state index contributed by atoms with van der Waals surface area (Å²) in [5, 5.41) is 3.23. The van der Waals surface area contributed by atoms with Gasteiger partial charge in [0.05, 0.1) is 12.6 Å². The van der Waals surface area contributed by atoms with Crippen LogP contribution in [-0.4, -0.2) is 50.4 Å². The van der Waals surface area contributed by atoms with Gasteiger partial charge >= 0.3 is 5.97 Å². The van der Waals surface area contributed by atoms with Crippen molar-refractivity contribution in [2.24, 2.45) is 17.8 Å². The van der Waals surface area contributed by atoms with E-state index in [1.807, 2.05) is 30.3 Å². The summed E-state index contributed by atoms with van der Waals surface area (Å²) < 4.78 is 17.3. The molecule has 1 heterocycles. The summed E-state index contributed by atoms with van der Waals surface area (Å²) in [6.07, 6.45) is 3.82. The van der Waals surface area contributed by atoms with Crippen molar-refractivity contribution in [2.75, 3.05) is 26.3 Å². The molecular formula is C25H39NO5. The average Bonchev–Trinajstić information content (AvgIpc) is 2.77. The standard InChI is InChI=1S/C25H39NO5/c1-18-19(2)24(17-30-21(4)27)31-25(20(18)3)29-15-11-6-5-10-14-26-16-23(28)22-12-8-7-9-13-22/h7-9,12-13,18-20,24-26H,5-6,10-11,14-17H2,1-4H3/t18?,19-,20+,24?,25-/m1/s1. The Morgan fingerprint density at radius 1 is 0.968 bits per heavy atom. The first-order valence-corrected chi connectivity index (χ1v) is 11.6. The second kappa shape index (κ2) is 13.6. The third kappa shape index (κ3) is 8.71. The summed E-state index contributed by atoms with van der Waals surface area (Å²) >= 11 is 0. The Labute approximate surface area is 187 Å². The number of ketones is 1. The molecule has 0 bridgehead atoms. The number of carbonyl (C=O) groups is 2. The minimum Gasteiger partial charge on any atom is -0.463 e. The molecule has 0 aromatic heterocycles. The summed E-state index contributed by atoms with van der Waals surface area (Å²) in [5.74, 6) is 0.902. The number of carbonyl (C=O) groups excluding carboxylic acids is 2. The van der Waals surface area contributed by atoms with Gasteiger partial charge in [-0.2, -0.15) is 0 Å². The highest BCUT2D eigenvalue weighted by atomic mass is 16.7. The first kappa shape index (κ1) is 25.5. The summed E-state index contributed by atoms with van der Waals surface area (Å²) in [6, 6.07) is 9.38. The molecule has 6 nitrogen and oxygen atoms in total. The Bertz CT molecular complexity index is 665. The number of ether oxygens (including phenoxy) is 3. The molecule has 1 saturated heterocycles. The van der Waals surface area contributed by atoms with E-state index in [4.69, 9.17) is 14.2 Å². The van der Waals surface area contributed by atoms with Crippen LogP contribution in [0.1, 0.15) is 63.7 Å². The monoisotopic (exact) mass is 433 g/mol. The molecule has 6 heteroatoms. The Hall–Kier alpha value is -1.76. The zero-order valence-electron chi connectivity index (χ0n) is 19.5. The van der Waals surface area contributed by atoms with Crippen molar-refractivity contribution in [3.63, 3.8) is 0 Å². The highest BCUT2D eigenvalue weighted by Crippen LogP contribution is 2.35. The predicted octanol–water partition coefficient (Wildman–Crippen LogP) is 4.23. The Kier molecular flexibility index (Phi) is 11.2. The average molecular weight is 434 g/mol. The maximum atomic E-state index is 12.0. The van der Waals surface area contributed by atoms with Crippen LogP contribution in [0.4, 0.5) is 0 Å². The summed E-state index contributed by atoms with van der Waals surface area (Å²) in [6.45, 7) is 10.1. The van der Waals surface area contributed by atoms with E-state index in [1.54, 1.807) is 0 Å². The second-order valence-corrected chi connectivity index (χ2v) is 8.67. The molecule has 0 radical (unpaired) electrons. The number of Topliss-reactive ketones (excluding diaryl/α,β-unsaturated/α-hetero) is 1. The van der Waals surface area contributed by atoms with E-state index in [0.29, 0.717) is 30.9 Å². The van der Waals surface area contributed by atoms with Gasteiger partial charge in [-0.1, -0.05) is 63.9 Å². The van der Waals surface area contributed by atoms with Crippen LogP contribution >= 0.6 is 0 Å². The largest absolute Gasteiger partial charge is 0.463 e. The molecule has 0 amide bonds. The molecule has 1 N–H and O–H groups in total. The van der Waals surface area contributed by atoms with E-state index >= 15 is 0 Å². The fourth-order valence-corrected chi connectivity index (χ4v) is 3.90. The lowest BCUT2D eigenvalue weighted by Gasteiger charge is -2.43. The predicted molar refractivity (Wildman–Crippen MR) is 121 cm³/mol. The summed E-state index contributed by atoms with van der Waals surface area (Å²) in [5.41, 5.74) is 0.755. The van der Waals surface area contributed by atoms with Gasteiger partial charge in [-0.15, -0.1) is 0 Å². The van der Waals surface area contributed by atoms with Crippen LogP contribution in [0.3, 0.4) is 0 Å². The topological polar surface area (TPSA) is 73.9 Å². The molecule has 5 atom stereocenters. The van der Waals surface area contributed by atoms with Crippen LogP contribution in [0, 0.1) is 17.8 Å². The number of unbranched alkanes of at least 4 members (excludes halogenated alkanes) is 3. The van der Waals surface area contributed by atoms with Gasteiger partial charge in [0.1, 0.15) is 6.61 Å². The third-order valence-corrected chi connectivity index (χ3v) is 6.35. The maximum Gasteiger partial charge on any atom is 0.302 e. The lowest BCUT2D eigenvalue weighted by Crippen LogP contribution is -2.47. The molecule has 1 aromatic rings. The van der Waals surface area contributed by atoms with Crippen molar-refractivity contribution < 1.29 is 23.8 Å². The number of nitrogens with one attached hydrogen (secondary N) is 1. The number of rotatable bonds is 13. The zero-order valence-corrected chi connectivity index (χ0v) is 19.5. The van der Waals surface area contributed by atoms with Crippen LogP contribution in [-0.2, 0) is 19.0 Å². The van der Waals surface area contributed by atoms with Crippen molar-refractivity contribution in [1.82, 2.24) is 5.32 Å². The zero-order chi connectivity index (χ0) is 22.6. The normalized spacial score (nSPS) is 25.9. The molecule has 0 aliphatic carbocycles. The first-order chi connectivity index (χ1) is 14.9. The van der Waals surface area contributed by atoms with Gasteiger partial charge in [0.15, 0.2) is 12.1 Å². The van der Waals surface area contributed by atoms with Gasteiger partial charge < -0.3 is 19.5 Å². The van der Waals surface area contributed by atoms with Gasteiger partial charge in [0.25, 0.3) is 0 Å². The Balaban J connectivity index is 1.55. The lowest BCUT2D eigenvalue weighted by atomic mass is 9.79. The van der Waals surface area contributed by atoms with Gasteiger partial charge in [-0.05, 0) is 31.2 Å². The molecule has 31 heavy (non-hydrogen) atoms. The molecule has 0 spiro atoms. The van der Waals surface area contributed by atoms with Crippen LogP contribution < -0.4 is 5.32 Å². The van der Waals surface area contributed by atoms with Gasteiger partial charge in [0, 0.05) is 25.0 Å². The van der Waals surface area contributed by atoms with Crippen molar-refractivity contribution in [1.29, 1.82) is 0 Å². The molecule has 2 unspecified atom stereocenters. The van der Waals surface area contributed by atoms with E-state index in [1.165, 1.54) is 6.92 Å². The van der Waals surface area contributed by atoms with Crippen LogP contribution in [0.15, 0.2) is 30.3 Å². The number of hydrogen-bond donors (Lipinski definition) is 1. The Morgan fingerprint density at radius 3 is 2.39 bits per heavy atom. The highest BCUT2D eigenvalue weighted by molar-refractivity contribution is 5.97. The quantitative estimate of drug-likeness (QED) is 0.285. The fraction of sp³-hybridized carbons (Fsp3) is 0.680. The van der Waals surface area contributed by atoms with Crippen molar-refractivity contribution in [2.45, 2.75) is 65.8 Å². The second-order valence-electron chi connectivity index (χ2n) is 8.67. The van der Waals surface area contributed by atoms with Gasteiger partial charge in [-0.3, -0.25) is 9.59 Å². The molecule has 174 valence electrons. The number of esters is 1. The molecule has 1 aliphatic rings. The van der Waals surface area contributed by atoms with E-state index in [-0.39, 0.29) is 30.8 Å². The lowest BCUT2D eigenvalue weighted by molar-refractivity contribution is -0.255. The minimum atomic E-state index is -0.279. The smallest absolute Gasteiger partial charge is 0.302 e. The van der Waals surface area contributed by atoms with Gasteiger partial charge in [-0.25, -0.2) is 0 Å². The van der Waals surface area contributed by atoms with E-state index in [9.17, 15) is 9.59 Å². The van der Waals surface area contributed by atoms with Crippen LogP contribution in [0.5, 0.6) is 0 Å². The minimum absolute atomic E-state index is 0.121. The molecule has 1 aliphatic heterocycles. The van der Waals surface area contributed by atoms with Crippen LogP contribution in [0.2, 0.25) is 0 Å². The number of hydrogen-bond acceptors (Lipinski definition) is 6. The van der Waals surface area contributed by atoms with Crippen molar-refractivity contribution in [3.8, 4) is 0 Å². The third-order valence-electron chi connectivity index (χ3n) is 6.35. The van der Waals surface area contributed by atoms with Crippen LogP contribution in [0.25, 0.3) is 0 Å². The summed E-state index contributed by atoms with van der Waals surface area (Å²) in [4.78, 5) is 23.1. The van der Waals surface area contributed by atoms with Crippen molar-refractivity contribution in [3.05, 3.63) is 35.9 Å². The summed E-state index contributed by atoms with van der Waals surface area (Å²) in [7, 11) is 0. The van der Waals surface area contributed by atoms with Gasteiger partial charge in [0.2, 0.25) is 0 Å². The molecule has 1 fully saturated rings. The maximum absolute atomic E-state index is 12.0. The molecule has 0 saturated carbocycles. The highest BCUT2D eigenvalue weighted by Gasteiger charge is 2.39. The number of benzene rings is 1. The first-order valence-electron chi connectivity index (χ1n) is 11.6. The molecule has 1 aromatic carbocycles. The van der Waals surface area contributed by atoms with E-state index in [0.717, 1.165) is 37.8 Å². The fourth-order valence-electron chi connectivity index (χ4n) is 3.90. The SMILES string of the molecule is CC(=O)OCC1O[C@@H](OCCCCCCNCC(=O)c2ccccc2)[C@@H](C)C(C)[C@H]1C. The van der Waals surface area contributed by atoms with E-state index in [2.05, 4.69) is 26.1 Å². The molecular weight excluding hydrogens is 394 g/mol. The van der Waals surface area contributed by atoms with Crippen molar-refractivity contribution >= 4 is 11.8 Å².